The summed E-state index contributed by atoms with van der Waals surface area (Å²) in [5.74, 6) is 0.946. The second-order valence-corrected chi connectivity index (χ2v) is 4.29. The summed E-state index contributed by atoms with van der Waals surface area (Å²) >= 11 is 11.7. The minimum Gasteiger partial charge on any atom is -0.733 e. The number of anilines is 1. The van der Waals surface area contributed by atoms with Crippen molar-refractivity contribution >= 4 is 28.9 Å². The lowest BCUT2D eigenvalue weighted by Gasteiger charge is -2.21. The van der Waals surface area contributed by atoms with Crippen LogP contribution in [0.1, 0.15) is 0 Å². The quantitative estimate of drug-likeness (QED) is 0.845. The molecule has 0 amide bonds. The summed E-state index contributed by atoms with van der Waals surface area (Å²) in [5, 5.41) is 20.0. The second kappa shape index (κ2) is 5.46. The van der Waals surface area contributed by atoms with Gasteiger partial charge in [0, 0.05) is 5.02 Å². The topological polar surface area (TPSA) is 55.8 Å². The van der Waals surface area contributed by atoms with E-state index in [1.807, 2.05) is 0 Å². The van der Waals surface area contributed by atoms with Crippen LogP contribution in [-0.4, -0.2) is 5.21 Å². The number of nitrogens with zero attached hydrogens (tertiary/aromatic N) is 1. The molecule has 18 heavy (non-hydrogen) atoms. The third-order valence-corrected chi connectivity index (χ3v) is 2.71. The zero-order chi connectivity index (χ0) is 13.1. The fourth-order valence-electron chi connectivity index (χ4n) is 1.33. The lowest BCUT2D eigenvalue weighted by molar-refractivity contribution is 0.296. The molecule has 0 heterocycles. The largest absolute Gasteiger partial charge is 0.733 e. The standard InChI is InChI=1S/C12H8Cl2NO3/c13-8-1-6-12(11(14)7-8)18-10-4-2-9(3-5-10)15(16)17/h1-7,16H/q-1. The predicted molar refractivity (Wildman–Crippen MR) is 70.6 cm³/mol. The number of ether oxygens (including phenoxy) is 1. The summed E-state index contributed by atoms with van der Waals surface area (Å²) in [6.07, 6.45) is 0. The maximum atomic E-state index is 10.6. The summed E-state index contributed by atoms with van der Waals surface area (Å²) < 4.78 is 5.51. The van der Waals surface area contributed by atoms with E-state index in [0.717, 1.165) is 0 Å². The van der Waals surface area contributed by atoms with Gasteiger partial charge in [-0.1, -0.05) is 23.2 Å². The van der Waals surface area contributed by atoms with Crippen LogP contribution in [0.25, 0.3) is 0 Å². The Hall–Kier alpha value is -1.46. The van der Waals surface area contributed by atoms with Gasteiger partial charge in [0.05, 0.1) is 10.7 Å². The highest BCUT2D eigenvalue weighted by atomic mass is 35.5. The SMILES string of the molecule is [O-]N(O)c1ccc(Oc2ccc(Cl)cc2Cl)cc1. The number of halogens is 2. The monoisotopic (exact) mass is 284 g/mol. The first-order valence-corrected chi connectivity index (χ1v) is 5.71. The Kier molecular flexibility index (Phi) is 3.93. The Morgan fingerprint density at radius 2 is 1.72 bits per heavy atom. The van der Waals surface area contributed by atoms with Crippen LogP contribution in [0.4, 0.5) is 5.69 Å². The molecule has 0 unspecified atom stereocenters. The predicted octanol–water partition coefficient (Wildman–Crippen LogP) is 4.48. The van der Waals surface area contributed by atoms with Gasteiger partial charge in [0.2, 0.25) is 0 Å². The number of rotatable bonds is 3. The highest BCUT2D eigenvalue weighted by Crippen LogP contribution is 2.32. The molecule has 0 aromatic heterocycles. The summed E-state index contributed by atoms with van der Waals surface area (Å²) in [4.78, 5) is 0. The van der Waals surface area contributed by atoms with Crippen LogP contribution in [0.5, 0.6) is 11.5 Å². The van der Waals surface area contributed by atoms with Gasteiger partial charge >= 0.3 is 0 Å². The molecule has 94 valence electrons. The minimum atomic E-state index is -0.223. The number of hydrogen-bond acceptors (Lipinski definition) is 4. The molecule has 0 atom stereocenters. The van der Waals surface area contributed by atoms with Crippen LogP contribution >= 0.6 is 23.2 Å². The molecule has 6 heteroatoms. The van der Waals surface area contributed by atoms with Crippen LogP contribution < -0.4 is 9.96 Å². The van der Waals surface area contributed by atoms with Crippen molar-refractivity contribution in [3.63, 3.8) is 0 Å². The van der Waals surface area contributed by atoms with Gasteiger partial charge in [0.25, 0.3) is 0 Å². The van der Waals surface area contributed by atoms with Crippen molar-refractivity contribution in [1.82, 2.24) is 0 Å². The van der Waals surface area contributed by atoms with E-state index in [2.05, 4.69) is 0 Å². The Morgan fingerprint density at radius 1 is 1.06 bits per heavy atom. The Morgan fingerprint density at radius 3 is 2.28 bits per heavy atom. The average molecular weight is 285 g/mol. The zero-order valence-electron chi connectivity index (χ0n) is 9.01. The van der Waals surface area contributed by atoms with Gasteiger partial charge in [0.1, 0.15) is 11.5 Å². The lowest BCUT2D eigenvalue weighted by Crippen LogP contribution is -2.06. The third-order valence-electron chi connectivity index (χ3n) is 2.18. The molecule has 0 fully saturated rings. The lowest BCUT2D eigenvalue weighted by atomic mass is 10.3. The molecule has 4 nitrogen and oxygen atoms in total. The van der Waals surface area contributed by atoms with Crippen molar-refractivity contribution in [2.45, 2.75) is 0 Å². The van der Waals surface area contributed by atoms with E-state index in [1.54, 1.807) is 30.3 Å². The number of benzene rings is 2. The molecule has 0 spiro atoms. The Labute approximate surface area is 113 Å². The normalized spacial score (nSPS) is 10.2. The van der Waals surface area contributed by atoms with Gasteiger partial charge < -0.3 is 15.2 Å². The maximum absolute atomic E-state index is 10.6. The molecule has 2 rings (SSSR count). The summed E-state index contributed by atoms with van der Waals surface area (Å²) in [5.41, 5.74) is 0.115. The molecule has 0 aliphatic heterocycles. The molecule has 0 saturated heterocycles. The van der Waals surface area contributed by atoms with Crippen LogP contribution in [0.3, 0.4) is 0 Å². The van der Waals surface area contributed by atoms with E-state index in [9.17, 15) is 5.21 Å². The second-order valence-electron chi connectivity index (χ2n) is 3.44. The average Bonchev–Trinajstić information content (AvgIpc) is 2.33. The summed E-state index contributed by atoms with van der Waals surface area (Å²) in [6, 6.07) is 10.8. The maximum Gasteiger partial charge on any atom is 0.146 e. The fraction of sp³-hybridized carbons (Fsp3) is 0. The van der Waals surface area contributed by atoms with Crippen molar-refractivity contribution in [3.8, 4) is 11.5 Å². The molecule has 0 aliphatic carbocycles. The molecule has 0 saturated carbocycles. The van der Waals surface area contributed by atoms with E-state index in [0.29, 0.717) is 21.5 Å². The van der Waals surface area contributed by atoms with Gasteiger partial charge in [-0.15, -0.1) is 0 Å². The molecule has 2 aromatic carbocycles. The van der Waals surface area contributed by atoms with Gasteiger partial charge in [0.15, 0.2) is 0 Å². The number of hydrogen-bond donors (Lipinski definition) is 1. The van der Waals surface area contributed by atoms with E-state index in [-0.39, 0.29) is 10.9 Å². The molecular weight excluding hydrogens is 277 g/mol. The van der Waals surface area contributed by atoms with E-state index >= 15 is 0 Å². The summed E-state index contributed by atoms with van der Waals surface area (Å²) in [6.45, 7) is 0. The smallest absolute Gasteiger partial charge is 0.146 e. The molecule has 2 aromatic rings. The molecule has 1 N–H and O–H groups in total. The molecular formula is C12H8Cl2NO3-. The van der Waals surface area contributed by atoms with Crippen molar-refractivity contribution in [2.24, 2.45) is 0 Å². The van der Waals surface area contributed by atoms with Crippen LogP contribution in [0.2, 0.25) is 10.0 Å². The van der Waals surface area contributed by atoms with Gasteiger partial charge in [-0.3, -0.25) is 5.21 Å². The molecule has 0 radical (unpaired) electrons. The highest BCUT2D eigenvalue weighted by molar-refractivity contribution is 6.35. The van der Waals surface area contributed by atoms with Crippen LogP contribution in [0, 0.1) is 5.21 Å². The summed E-state index contributed by atoms with van der Waals surface area (Å²) in [7, 11) is 0. The Balaban J connectivity index is 2.18. The first kappa shape index (κ1) is 13.0. The minimum absolute atomic E-state index is 0.115. The van der Waals surface area contributed by atoms with Crippen molar-refractivity contribution in [2.75, 3.05) is 5.23 Å². The van der Waals surface area contributed by atoms with Crippen LogP contribution in [0.15, 0.2) is 42.5 Å². The first-order valence-electron chi connectivity index (χ1n) is 4.95. The Bertz CT molecular complexity index is 544. The van der Waals surface area contributed by atoms with E-state index < -0.39 is 0 Å². The van der Waals surface area contributed by atoms with E-state index in [4.69, 9.17) is 33.1 Å². The van der Waals surface area contributed by atoms with E-state index in [1.165, 1.54) is 12.1 Å². The molecule has 0 bridgehead atoms. The van der Waals surface area contributed by atoms with Crippen molar-refractivity contribution in [3.05, 3.63) is 57.7 Å². The van der Waals surface area contributed by atoms with Crippen molar-refractivity contribution in [1.29, 1.82) is 0 Å². The van der Waals surface area contributed by atoms with Gasteiger partial charge in [-0.25, -0.2) is 0 Å². The van der Waals surface area contributed by atoms with Gasteiger partial charge in [-0.2, -0.15) is 0 Å². The van der Waals surface area contributed by atoms with Gasteiger partial charge in [-0.05, 0) is 42.5 Å². The zero-order valence-corrected chi connectivity index (χ0v) is 10.5. The van der Waals surface area contributed by atoms with Crippen molar-refractivity contribution < 1.29 is 9.94 Å². The molecule has 0 aliphatic rings. The third kappa shape index (κ3) is 3.05. The van der Waals surface area contributed by atoms with Crippen LogP contribution in [-0.2, 0) is 0 Å². The fourth-order valence-corrected chi connectivity index (χ4v) is 1.77. The first-order chi connectivity index (χ1) is 8.56. The highest BCUT2D eigenvalue weighted by Gasteiger charge is 2.04.